The maximum atomic E-state index is 11.3. The van der Waals surface area contributed by atoms with Gasteiger partial charge in [-0.25, -0.2) is 4.79 Å². The van der Waals surface area contributed by atoms with E-state index in [4.69, 9.17) is 11.6 Å². The van der Waals surface area contributed by atoms with Crippen molar-refractivity contribution in [3.05, 3.63) is 28.8 Å². The molecule has 88 valence electrons. The number of methoxy groups -OCH3 is 1. The first-order valence-electron chi connectivity index (χ1n) is 5.16. The monoisotopic (exact) mass is 241 g/mol. The van der Waals surface area contributed by atoms with Crippen molar-refractivity contribution in [2.24, 2.45) is 5.92 Å². The molecule has 0 fully saturated rings. The lowest BCUT2D eigenvalue weighted by molar-refractivity contribution is 0.0601. The van der Waals surface area contributed by atoms with Gasteiger partial charge in [-0.05, 0) is 24.1 Å². The first-order chi connectivity index (χ1) is 7.54. The van der Waals surface area contributed by atoms with E-state index in [1.54, 1.807) is 18.2 Å². The van der Waals surface area contributed by atoms with E-state index in [1.807, 2.05) is 0 Å². The number of hydrogen-bond donors (Lipinski definition) is 1. The zero-order valence-corrected chi connectivity index (χ0v) is 10.5. The van der Waals surface area contributed by atoms with Gasteiger partial charge >= 0.3 is 5.97 Å². The number of nitrogens with one attached hydrogen (secondary N) is 1. The molecular formula is C12H16ClNO2. The predicted octanol–water partition coefficient (Wildman–Crippen LogP) is 3.19. The fraction of sp³-hybridized carbons (Fsp3) is 0.417. The Balaban J connectivity index is 2.86. The Morgan fingerprint density at radius 1 is 1.50 bits per heavy atom. The summed E-state index contributed by atoms with van der Waals surface area (Å²) in [6, 6.07) is 5.04. The van der Waals surface area contributed by atoms with Crippen LogP contribution in [0.25, 0.3) is 0 Å². The third kappa shape index (κ3) is 3.42. The molecule has 1 N–H and O–H groups in total. The van der Waals surface area contributed by atoms with Crippen molar-refractivity contribution in [1.82, 2.24) is 0 Å². The maximum absolute atomic E-state index is 11.3. The molecule has 16 heavy (non-hydrogen) atoms. The Hall–Kier alpha value is -1.22. The molecule has 1 aromatic rings. The van der Waals surface area contributed by atoms with E-state index in [9.17, 15) is 4.79 Å². The number of hydrogen-bond acceptors (Lipinski definition) is 3. The van der Waals surface area contributed by atoms with Crippen LogP contribution in [0.3, 0.4) is 0 Å². The van der Waals surface area contributed by atoms with Gasteiger partial charge in [-0.15, -0.1) is 0 Å². The maximum Gasteiger partial charge on any atom is 0.337 e. The van der Waals surface area contributed by atoms with Gasteiger partial charge in [0.25, 0.3) is 0 Å². The van der Waals surface area contributed by atoms with Crippen LogP contribution in [0.5, 0.6) is 0 Å². The molecule has 0 atom stereocenters. The minimum absolute atomic E-state index is 0.357. The highest BCUT2D eigenvalue weighted by Gasteiger charge is 2.08. The Bertz CT molecular complexity index is 377. The van der Waals surface area contributed by atoms with Gasteiger partial charge in [0, 0.05) is 6.54 Å². The molecule has 0 aliphatic carbocycles. The van der Waals surface area contributed by atoms with Crippen molar-refractivity contribution in [2.45, 2.75) is 13.8 Å². The van der Waals surface area contributed by atoms with Crippen LogP contribution in [0.2, 0.25) is 5.02 Å². The summed E-state index contributed by atoms with van der Waals surface area (Å²) < 4.78 is 4.65. The number of benzene rings is 1. The van der Waals surface area contributed by atoms with Gasteiger partial charge in [0.1, 0.15) is 0 Å². The summed E-state index contributed by atoms with van der Waals surface area (Å²) in [6.07, 6.45) is 0. The lowest BCUT2D eigenvalue weighted by atomic mass is 10.2. The van der Waals surface area contributed by atoms with Crippen LogP contribution >= 0.6 is 11.6 Å². The zero-order valence-electron chi connectivity index (χ0n) is 9.71. The molecule has 0 aliphatic rings. The lowest BCUT2D eigenvalue weighted by Crippen LogP contribution is -2.09. The van der Waals surface area contributed by atoms with E-state index in [2.05, 4.69) is 23.9 Å². The van der Waals surface area contributed by atoms with Gasteiger partial charge in [0.05, 0.1) is 23.4 Å². The number of anilines is 1. The van der Waals surface area contributed by atoms with Crippen molar-refractivity contribution in [3.8, 4) is 0 Å². The van der Waals surface area contributed by atoms with E-state index < -0.39 is 0 Å². The number of esters is 1. The first kappa shape index (κ1) is 12.8. The summed E-state index contributed by atoms with van der Waals surface area (Å²) in [5.41, 5.74) is 1.26. The third-order valence-corrected chi connectivity index (χ3v) is 2.42. The van der Waals surface area contributed by atoms with E-state index >= 15 is 0 Å². The number of carbonyl (C=O) groups is 1. The third-order valence-electron chi connectivity index (χ3n) is 2.09. The first-order valence-corrected chi connectivity index (χ1v) is 5.54. The minimum atomic E-state index is -0.357. The fourth-order valence-electron chi connectivity index (χ4n) is 1.22. The number of carbonyl (C=O) groups excluding carboxylic acids is 1. The predicted molar refractivity (Wildman–Crippen MR) is 66.1 cm³/mol. The van der Waals surface area contributed by atoms with Gasteiger partial charge < -0.3 is 10.1 Å². The molecule has 1 rings (SSSR count). The van der Waals surface area contributed by atoms with E-state index in [0.29, 0.717) is 16.5 Å². The number of ether oxygens (including phenoxy) is 1. The molecule has 0 radical (unpaired) electrons. The highest BCUT2D eigenvalue weighted by atomic mass is 35.5. The highest BCUT2D eigenvalue weighted by Crippen LogP contribution is 2.23. The van der Waals surface area contributed by atoms with Crippen molar-refractivity contribution >= 4 is 23.3 Å². The van der Waals surface area contributed by atoms with Crippen LogP contribution in [0.1, 0.15) is 24.2 Å². The van der Waals surface area contributed by atoms with Crippen LogP contribution in [-0.2, 0) is 4.74 Å². The molecule has 0 saturated heterocycles. The summed E-state index contributed by atoms with van der Waals surface area (Å²) in [7, 11) is 1.36. The minimum Gasteiger partial charge on any atom is -0.465 e. The molecule has 0 aromatic heterocycles. The second-order valence-electron chi connectivity index (χ2n) is 3.96. The molecule has 0 unspecified atom stereocenters. The molecule has 0 heterocycles. The Morgan fingerprint density at radius 2 is 2.19 bits per heavy atom. The van der Waals surface area contributed by atoms with Gasteiger partial charge in [-0.2, -0.15) is 0 Å². The fourth-order valence-corrected chi connectivity index (χ4v) is 1.40. The van der Waals surface area contributed by atoms with Gasteiger partial charge in [0.15, 0.2) is 0 Å². The molecule has 3 nitrogen and oxygen atoms in total. The van der Waals surface area contributed by atoms with Crippen molar-refractivity contribution < 1.29 is 9.53 Å². The molecule has 0 aliphatic heterocycles. The second-order valence-corrected chi connectivity index (χ2v) is 4.37. The molecule has 4 heteroatoms. The van der Waals surface area contributed by atoms with Crippen LogP contribution < -0.4 is 5.32 Å². The van der Waals surface area contributed by atoms with Gasteiger partial charge in [-0.1, -0.05) is 25.4 Å². The summed E-state index contributed by atoms with van der Waals surface area (Å²) in [5.74, 6) is 0.155. The topological polar surface area (TPSA) is 38.3 Å². The molecule has 1 aromatic carbocycles. The van der Waals surface area contributed by atoms with E-state index in [1.165, 1.54) is 7.11 Å². The molecular weight excluding hydrogens is 226 g/mol. The summed E-state index contributed by atoms with van der Waals surface area (Å²) in [4.78, 5) is 11.3. The van der Waals surface area contributed by atoms with E-state index in [-0.39, 0.29) is 5.97 Å². The van der Waals surface area contributed by atoms with Crippen LogP contribution in [-0.4, -0.2) is 19.6 Å². The van der Waals surface area contributed by atoms with Crippen molar-refractivity contribution in [3.63, 3.8) is 0 Å². The average Bonchev–Trinajstić information content (AvgIpc) is 2.26. The van der Waals surface area contributed by atoms with Crippen LogP contribution in [0.4, 0.5) is 5.69 Å². The smallest absolute Gasteiger partial charge is 0.337 e. The van der Waals surface area contributed by atoms with Crippen LogP contribution in [0.15, 0.2) is 18.2 Å². The van der Waals surface area contributed by atoms with Crippen molar-refractivity contribution in [1.29, 1.82) is 0 Å². The number of halogens is 1. The standard InChI is InChI=1S/C12H16ClNO2/c1-8(2)7-14-11-6-9(12(15)16-3)4-5-10(11)13/h4-6,8,14H,7H2,1-3H3. The number of rotatable bonds is 4. The van der Waals surface area contributed by atoms with Crippen molar-refractivity contribution in [2.75, 3.05) is 19.0 Å². The average molecular weight is 242 g/mol. The van der Waals surface area contributed by atoms with E-state index in [0.717, 1.165) is 12.2 Å². The zero-order chi connectivity index (χ0) is 12.1. The SMILES string of the molecule is COC(=O)c1ccc(Cl)c(NCC(C)C)c1. The normalized spacial score (nSPS) is 10.3. The Kier molecular flexibility index (Phi) is 4.62. The summed E-state index contributed by atoms with van der Waals surface area (Å²) in [5, 5.41) is 3.80. The quantitative estimate of drug-likeness (QED) is 0.823. The van der Waals surface area contributed by atoms with Gasteiger partial charge in [-0.3, -0.25) is 0 Å². The molecule has 0 amide bonds. The Morgan fingerprint density at radius 3 is 2.75 bits per heavy atom. The van der Waals surface area contributed by atoms with Crippen LogP contribution in [0, 0.1) is 5.92 Å². The molecule has 0 spiro atoms. The lowest BCUT2D eigenvalue weighted by Gasteiger charge is -2.11. The second kappa shape index (κ2) is 5.75. The largest absolute Gasteiger partial charge is 0.465 e. The summed E-state index contributed by atoms with van der Waals surface area (Å²) >= 11 is 6.01. The Labute approximate surface area is 101 Å². The van der Waals surface area contributed by atoms with Gasteiger partial charge in [0.2, 0.25) is 0 Å². The summed E-state index contributed by atoms with van der Waals surface area (Å²) in [6.45, 7) is 5.01. The molecule has 0 saturated carbocycles. The highest BCUT2D eigenvalue weighted by molar-refractivity contribution is 6.33. The molecule has 0 bridgehead atoms.